The van der Waals surface area contributed by atoms with E-state index in [1.54, 1.807) is 6.92 Å². The van der Waals surface area contributed by atoms with E-state index in [-0.39, 0.29) is 29.9 Å². The molecule has 130 valence electrons. The van der Waals surface area contributed by atoms with Crippen LogP contribution in [0.25, 0.3) is 0 Å². The maximum absolute atomic E-state index is 11.3. The summed E-state index contributed by atoms with van der Waals surface area (Å²) in [6.45, 7) is 2.26. The molecule has 2 N–H and O–H groups in total. The van der Waals surface area contributed by atoms with Crippen LogP contribution in [-0.2, 0) is 11.3 Å². The monoisotopic (exact) mass is 464 g/mol. The number of nitrogens with one attached hydrogen (secondary N) is 1. The molecule has 0 aliphatic heterocycles. The van der Waals surface area contributed by atoms with E-state index in [1.165, 1.54) is 0 Å². The van der Waals surface area contributed by atoms with Crippen LogP contribution in [-0.4, -0.2) is 75.6 Å². The molecular weight excluding hydrogens is 440 g/mol. The zero-order chi connectivity index (χ0) is 18.2. The second-order valence-corrected chi connectivity index (χ2v) is 10.3. The number of quaternary nitrogens is 1. The predicted molar refractivity (Wildman–Crippen MR) is 92.3 cm³/mol. The van der Waals surface area contributed by atoms with Gasteiger partial charge in [-0.25, -0.2) is 0 Å². The van der Waals surface area contributed by atoms with Crippen molar-refractivity contribution < 1.29 is 14.4 Å². The number of H-pyrrole nitrogens is 1. The van der Waals surface area contributed by atoms with Crippen molar-refractivity contribution in [2.45, 2.75) is 43.0 Å². The molecule has 24 heavy (non-hydrogen) atoms. The van der Waals surface area contributed by atoms with Crippen LogP contribution < -0.4 is 9.32 Å². The van der Waals surface area contributed by atoms with Crippen LogP contribution in [0.4, 0.5) is 0 Å². The number of aromatic amines is 1. The fraction of sp³-hybridized carbons (Fsp3) is 0.600. The number of aliphatic carboxylic acids is 1. The molecule has 0 saturated carbocycles. The van der Waals surface area contributed by atoms with Gasteiger partial charge in [0, 0.05) is 0 Å². The van der Waals surface area contributed by atoms with E-state index >= 15 is 0 Å². The second-order valence-electron chi connectivity index (χ2n) is 5.79. The topological polar surface area (TPSA) is 114 Å². The molecule has 0 bridgehead atoms. The number of imidazole rings is 1. The number of carboxylic acids is 1. The maximum atomic E-state index is 11.3. The van der Waals surface area contributed by atoms with Crippen molar-refractivity contribution in [3.8, 4) is 12.1 Å². The van der Waals surface area contributed by atoms with Crippen molar-refractivity contribution in [3.05, 3.63) is 5.69 Å². The van der Waals surface area contributed by atoms with Crippen LogP contribution in [0.3, 0.4) is 0 Å². The van der Waals surface area contributed by atoms with Crippen LogP contribution >= 0.6 is 0 Å². The van der Waals surface area contributed by atoms with E-state index in [1.807, 2.05) is 14.1 Å². The number of nitrogens with zero attached hydrogens (tertiary/aromatic N) is 4. The summed E-state index contributed by atoms with van der Waals surface area (Å²) in [5.74, 6) is -0.825. The number of aromatic nitrogens is 2. The SMILES string of the molecule is C[C@@H](C(=O)O)[N+](C)(C)Cc1[nH]c([Se]CCC#N)nc1[Se]CCC#N. The molecular formula is C15H22N5O2Se2+. The number of hydrogen-bond donors (Lipinski definition) is 2. The summed E-state index contributed by atoms with van der Waals surface area (Å²) in [5.41, 5.74) is 0.972. The molecule has 0 aliphatic rings. The summed E-state index contributed by atoms with van der Waals surface area (Å²) < 4.78 is 2.21. The van der Waals surface area contributed by atoms with Crippen molar-refractivity contribution in [1.82, 2.24) is 9.97 Å². The first-order valence-electron chi connectivity index (χ1n) is 7.45. The molecule has 0 fully saturated rings. The van der Waals surface area contributed by atoms with Gasteiger partial charge in [0.2, 0.25) is 0 Å². The van der Waals surface area contributed by atoms with Crippen LogP contribution in [0.5, 0.6) is 0 Å². The van der Waals surface area contributed by atoms with Crippen molar-refractivity contribution in [3.63, 3.8) is 0 Å². The molecule has 1 rings (SSSR count). The number of carbonyl (C=O) groups is 1. The molecule has 1 aromatic rings. The third-order valence-electron chi connectivity index (χ3n) is 3.60. The number of nitriles is 2. The molecule has 0 radical (unpaired) electrons. The normalized spacial score (nSPS) is 12.4. The Hall–Kier alpha value is -1.34. The van der Waals surface area contributed by atoms with Gasteiger partial charge >= 0.3 is 155 Å². The van der Waals surface area contributed by atoms with E-state index in [0.29, 0.717) is 23.9 Å². The predicted octanol–water partition coefficient (Wildman–Crippen LogP) is -0.218. The summed E-state index contributed by atoms with van der Waals surface area (Å²) >= 11 is 0.210. The van der Waals surface area contributed by atoms with Gasteiger partial charge in [-0.3, -0.25) is 0 Å². The molecule has 1 atom stereocenters. The van der Waals surface area contributed by atoms with E-state index < -0.39 is 12.0 Å². The van der Waals surface area contributed by atoms with Crippen LogP contribution in [0.15, 0.2) is 0 Å². The summed E-state index contributed by atoms with van der Waals surface area (Å²) in [6, 6.07) is 3.76. The molecule has 1 aromatic heterocycles. The van der Waals surface area contributed by atoms with E-state index in [0.717, 1.165) is 25.6 Å². The quantitative estimate of drug-likeness (QED) is 0.284. The Labute approximate surface area is 155 Å². The van der Waals surface area contributed by atoms with Crippen LogP contribution in [0.1, 0.15) is 25.5 Å². The Morgan fingerprint density at radius 1 is 1.29 bits per heavy atom. The van der Waals surface area contributed by atoms with E-state index in [4.69, 9.17) is 10.5 Å². The van der Waals surface area contributed by atoms with Gasteiger partial charge in [-0.1, -0.05) is 0 Å². The van der Waals surface area contributed by atoms with Gasteiger partial charge in [0.25, 0.3) is 0 Å². The van der Waals surface area contributed by atoms with Crippen molar-refractivity contribution in [1.29, 1.82) is 10.5 Å². The standard InChI is InChI=1S/C15H21N5O2Se2/c1-11(14(21)22)20(2,3)10-12-13(23-8-4-6-16)19-15(18-12)24-9-5-7-17/h11H,4-5,8-10H2,1-3H3,(H-,18,19,21,22)/p+1/t11-/m0/s1. The van der Waals surface area contributed by atoms with Gasteiger partial charge < -0.3 is 0 Å². The third-order valence-corrected chi connectivity index (χ3v) is 7.57. The first-order valence-corrected chi connectivity index (χ1v) is 11.6. The molecule has 0 spiro atoms. The van der Waals surface area contributed by atoms with Gasteiger partial charge in [0.05, 0.1) is 0 Å². The van der Waals surface area contributed by atoms with Crippen molar-refractivity contribution >= 4 is 45.2 Å². The number of rotatable bonds is 10. The van der Waals surface area contributed by atoms with Gasteiger partial charge in [-0.05, 0) is 0 Å². The fourth-order valence-corrected chi connectivity index (χ4v) is 5.48. The molecule has 1 heterocycles. The molecule has 0 aromatic carbocycles. The Bertz CT molecular complexity index is 645. The zero-order valence-corrected chi connectivity index (χ0v) is 17.5. The zero-order valence-electron chi connectivity index (χ0n) is 14.1. The van der Waals surface area contributed by atoms with Gasteiger partial charge in [-0.2, -0.15) is 0 Å². The Balaban J connectivity index is 2.94. The molecule has 0 saturated heterocycles. The summed E-state index contributed by atoms with van der Waals surface area (Å²) in [4.78, 5) is 19.3. The van der Waals surface area contributed by atoms with Crippen LogP contribution in [0.2, 0.25) is 10.6 Å². The first-order chi connectivity index (χ1) is 11.3. The summed E-state index contributed by atoms with van der Waals surface area (Å²) in [5, 5.41) is 28.3. The van der Waals surface area contributed by atoms with E-state index in [9.17, 15) is 9.90 Å². The molecule has 9 heteroatoms. The average molecular weight is 462 g/mol. The fourth-order valence-electron chi connectivity index (χ4n) is 1.90. The Morgan fingerprint density at radius 3 is 2.42 bits per heavy atom. The number of likely N-dealkylation sites (N-methyl/N-ethyl adjacent to an activating group) is 1. The molecule has 0 unspecified atom stereocenters. The van der Waals surface area contributed by atoms with E-state index in [2.05, 4.69) is 22.1 Å². The number of hydrogen-bond acceptors (Lipinski definition) is 4. The number of carboxylic acid groups (broad SMARTS) is 1. The second kappa shape index (κ2) is 9.83. The van der Waals surface area contributed by atoms with Crippen molar-refractivity contribution in [2.75, 3.05) is 14.1 Å². The van der Waals surface area contributed by atoms with Gasteiger partial charge in [0.15, 0.2) is 0 Å². The molecule has 7 nitrogen and oxygen atoms in total. The molecule has 0 amide bonds. The first kappa shape index (κ1) is 20.7. The van der Waals surface area contributed by atoms with Gasteiger partial charge in [-0.15, -0.1) is 0 Å². The third kappa shape index (κ3) is 6.28. The Morgan fingerprint density at radius 2 is 1.88 bits per heavy atom. The molecule has 0 aliphatic carbocycles. The van der Waals surface area contributed by atoms with Crippen LogP contribution in [0, 0.1) is 22.7 Å². The van der Waals surface area contributed by atoms with Crippen molar-refractivity contribution in [2.24, 2.45) is 0 Å². The summed E-state index contributed by atoms with van der Waals surface area (Å²) in [7, 11) is 3.79. The average Bonchev–Trinajstić information content (AvgIpc) is 2.88. The minimum absolute atomic E-state index is 0.0948. The summed E-state index contributed by atoms with van der Waals surface area (Å²) in [6.07, 6.45) is 1.02. The Kier molecular flexibility index (Phi) is 8.48. The minimum atomic E-state index is -0.825. The van der Waals surface area contributed by atoms with Gasteiger partial charge in [0.1, 0.15) is 0 Å².